The number of benzene rings is 1. The summed E-state index contributed by atoms with van der Waals surface area (Å²) < 4.78 is 0. The van der Waals surface area contributed by atoms with Crippen LogP contribution >= 0.6 is 0 Å². The molecule has 0 bridgehead atoms. The van der Waals surface area contributed by atoms with Crippen molar-refractivity contribution in [2.45, 2.75) is 38.6 Å². The fourth-order valence-electron chi connectivity index (χ4n) is 2.46. The molecule has 1 aromatic carbocycles. The predicted octanol–water partition coefficient (Wildman–Crippen LogP) is 2.92. The number of hydrogen-bond acceptors (Lipinski definition) is 2. The molecule has 1 atom stereocenters. The molecule has 1 aromatic rings. The standard InChI is InChI=1S/C14H22N2/c1-3-14(10-15,12-8-9-12)16-13-7-5-4-6-11(13)2/h4-7,12,16H,3,8-10,15H2,1-2H3. The third kappa shape index (κ3) is 2.07. The minimum atomic E-state index is 0.117. The number of anilines is 1. The van der Waals surface area contributed by atoms with Gasteiger partial charge in [-0.3, -0.25) is 0 Å². The number of aryl methyl sites for hydroxylation is 1. The van der Waals surface area contributed by atoms with Gasteiger partial charge in [0.15, 0.2) is 0 Å². The van der Waals surface area contributed by atoms with Gasteiger partial charge in [-0.15, -0.1) is 0 Å². The van der Waals surface area contributed by atoms with Gasteiger partial charge in [-0.1, -0.05) is 25.1 Å². The summed E-state index contributed by atoms with van der Waals surface area (Å²) in [4.78, 5) is 0. The Morgan fingerprint density at radius 1 is 1.38 bits per heavy atom. The molecule has 88 valence electrons. The first kappa shape index (κ1) is 11.5. The molecule has 0 aromatic heterocycles. The molecule has 16 heavy (non-hydrogen) atoms. The van der Waals surface area contributed by atoms with Crippen LogP contribution in [0.4, 0.5) is 5.69 Å². The third-order valence-electron chi connectivity index (χ3n) is 3.88. The monoisotopic (exact) mass is 218 g/mol. The summed E-state index contributed by atoms with van der Waals surface area (Å²) >= 11 is 0. The summed E-state index contributed by atoms with van der Waals surface area (Å²) in [5.74, 6) is 0.766. The van der Waals surface area contributed by atoms with Crippen molar-refractivity contribution in [3.05, 3.63) is 29.8 Å². The zero-order chi connectivity index (χ0) is 11.6. The van der Waals surface area contributed by atoms with E-state index in [4.69, 9.17) is 5.73 Å². The lowest BCUT2D eigenvalue weighted by molar-refractivity contribution is 0.404. The average Bonchev–Trinajstić information content (AvgIpc) is 3.13. The quantitative estimate of drug-likeness (QED) is 0.797. The summed E-state index contributed by atoms with van der Waals surface area (Å²) in [7, 11) is 0. The van der Waals surface area contributed by atoms with Gasteiger partial charge in [0.2, 0.25) is 0 Å². The molecule has 2 nitrogen and oxygen atoms in total. The Morgan fingerprint density at radius 3 is 2.56 bits per heavy atom. The Labute approximate surface area is 98.2 Å². The molecule has 0 spiro atoms. The molecule has 0 radical (unpaired) electrons. The lowest BCUT2D eigenvalue weighted by atomic mass is 9.89. The average molecular weight is 218 g/mol. The van der Waals surface area contributed by atoms with Crippen molar-refractivity contribution in [3.63, 3.8) is 0 Å². The van der Waals surface area contributed by atoms with Crippen molar-refractivity contribution in [1.29, 1.82) is 0 Å². The highest BCUT2D eigenvalue weighted by molar-refractivity contribution is 5.52. The van der Waals surface area contributed by atoms with E-state index in [1.54, 1.807) is 0 Å². The smallest absolute Gasteiger partial charge is 0.0521 e. The third-order valence-corrected chi connectivity index (χ3v) is 3.88. The Hall–Kier alpha value is -1.02. The van der Waals surface area contributed by atoms with Crippen LogP contribution in [0.15, 0.2) is 24.3 Å². The van der Waals surface area contributed by atoms with Crippen molar-refractivity contribution < 1.29 is 0 Å². The summed E-state index contributed by atoms with van der Waals surface area (Å²) in [6.07, 6.45) is 3.75. The maximum atomic E-state index is 5.99. The van der Waals surface area contributed by atoms with E-state index in [0.717, 1.165) is 18.9 Å². The molecular weight excluding hydrogens is 196 g/mol. The van der Waals surface area contributed by atoms with Gasteiger partial charge in [0.1, 0.15) is 0 Å². The summed E-state index contributed by atoms with van der Waals surface area (Å²) in [5.41, 5.74) is 8.65. The zero-order valence-corrected chi connectivity index (χ0v) is 10.3. The van der Waals surface area contributed by atoms with Gasteiger partial charge in [-0.2, -0.15) is 0 Å². The van der Waals surface area contributed by atoms with E-state index in [2.05, 4.69) is 43.4 Å². The van der Waals surface area contributed by atoms with E-state index in [1.807, 2.05) is 0 Å². The molecule has 1 saturated carbocycles. The first-order chi connectivity index (χ1) is 7.72. The van der Waals surface area contributed by atoms with Gasteiger partial charge in [-0.25, -0.2) is 0 Å². The van der Waals surface area contributed by atoms with Gasteiger partial charge >= 0.3 is 0 Å². The van der Waals surface area contributed by atoms with Crippen LogP contribution in [0.3, 0.4) is 0 Å². The van der Waals surface area contributed by atoms with E-state index in [-0.39, 0.29) is 5.54 Å². The number of para-hydroxylation sites is 1. The lowest BCUT2D eigenvalue weighted by Gasteiger charge is -2.34. The summed E-state index contributed by atoms with van der Waals surface area (Å²) in [5, 5.41) is 3.70. The highest BCUT2D eigenvalue weighted by Gasteiger charge is 2.42. The number of rotatable bonds is 5. The SMILES string of the molecule is CCC(CN)(Nc1ccccc1C)C1CC1. The summed E-state index contributed by atoms with van der Waals surface area (Å²) in [6.45, 7) is 5.10. The second-order valence-electron chi connectivity index (χ2n) is 4.93. The number of nitrogens with one attached hydrogen (secondary N) is 1. The second-order valence-corrected chi connectivity index (χ2v) is 4.93. The van der Waals surface area contributed by atoms with Crippen LogP contribution in [0, 0.1) is 12.8 Å². The van der Waals surface area contributed by atoms with Crippen molar-refractivity contribution >= 4 is 5.69 Å². The fraction of sp³-hybridized carbons (Fsp3) is 0.571. The van der Waals surface area contributed by atoms with Crippen molar-refractivity contribution in [2.24, 2.45) is 11.7 Å². The fourth-order valence-corrected chi connectivity index (χ4v) is 2.46. The maximum Gasteiger partial charge on any atom is 0.0521 e. The predicted molar refractivity (Wildman–Crippen MR) is 69.6 cm³/mol. The molecule has 1 aliphatic carbocycles. The molecule has 1 aliphatic rings. The van der Waals surface area contributed by atoms with Gasteiger partial charge in [0.05, 0.1) is 5.54 Å². The van der Waals surface area contributed by atoms with Crippen LogP contribution in [0.1, 0.15) is 31.7 Å². The molecule has 0 aliphatic heterocycles. The molecular formula is C14H22N2. The topological polar surface area (TPSA) is 38.0 Å². The Balaban J connectivity index is 2.20. The number of nitrogens with two attached hydrogens (primary N) is 1. The van der Waals surface area contributed by atoms with Crippen LogP contribution in [0.5, 0.6) is 0 Å². The van der Waals surface area contributed by atoms with Gasteiger partial charge < -0.3 is 11.1 Å². The highest BCUT2D eigenvalue weighted by Crippen LogP contribution is 2.43. The summed E-state index contributed by atoms with van der Waals surface area (Å²) in [6, 6.07) is 8.46. The molecule has 3 N–H and O–H groups in total. The lowest BCUT2D eigenvalue weighted by Crippen LogP contribution is -2.47. The van der Waals surface area contributed by atoms with Crippen LogP contribution in [-0.2, 0) is 0 Å². The molecule has 1 fully saturated rings. The molecule has 0 heterocycles. The van der Waals surface area contributed by atoms with Crippen molar-refractivity contribution in [3.8, 4) is 0 Å². The Bertz CT molecular complexity index is 352. The van der Waals surface area contributed by atoms with E-state index in [0.29, 0.717) is 0 Å². The molecule has 0 saturated heterocycles. The van der Waals surface area contributed by atoms with Crippen molar-refractivity contribution in [1.82, 2.24) is 0 Å². The molecule has 2 heteroatoms. The minimum Gasteiger partial charge on any atom is -0.378 e. The van der Waals surface area contributed by atoms with Crippen LogP contribution in [0.25, 0.3) is 0 Å². The first-order valence-corrected chi connectivity index (χ1v) is 6.25. The zero-order valence-electron chi connectivity index (χ0n) is 10.3. The van der Waals surface area contributed by atoms with Crippen molar-refractivity contribution in [2.75, 3.05) is 11.9 Å². The van der Waals surface area contributed by atoms with Gasteiger partial charge in [0, 0.05) is 12.2 Å². The normalized spacial score (nSPS) is 19.2. The Kier molecular flexibility index (Phi) is 3.20. The minimum absolute atomic E-state index is 0.117. The second kappa shape index (κ2) is 4.46. The van der Waals surface area contributed by atoms with Gasteiger partial charge in [-0.05, 0) is 43.7 Å². The molecule has 2 rings (SSSR count). The van der Waals surface area contributed by atoms with E-state index in [1.165, 1.54) is 24.1 Å². The maximum absolute atomic E-state index is 5.99. The highest BCUT2D eigenvalue weighted by atomic mass is 15.0. The number of hydrogen-bond donors (Lipinski definition) is 2. The Morgan fingerprint density at radius 2 is 2.06 bits per heavy atom. The van der Waals surface area contributed by atoms with Crippen LogP contribution in [0.2, 0.25) is 0 Å². The molecule has 0 amide bonds. The largest absolute Gasteiger partial charge is 0.378 e. The van der Waals surface area contributed by atoms with Gasteiger partial charge in [0.25, 0.3) is 0 Å². The van der Waals surface area contributed by atoms with E-state index < -0.39 is 0 Å². The van der Waals surface area contributed by atoms with Crippen LogP contribution < -0.4 is 11.1 Å². The van der Waals surface area contributed by atoms with Crippen LogP contribution in [-0.4, -0.2) is 12.1 Å². The van der Waals surface area contributed by atoms with E-state index in [9.17, 15) is 0 Å². The molecule has 1 unspecified atom stereocenters. The first-order valence-electron chi connectivity index (χ1n) is 6.25. The van der Waals surface area contributed by atoms with E-state index >= 15 is 0 Å².